The summed E-state index contributed by atoms with van der Waals surface area (Å²) in [6.07, 6.45) is 6.80. The lowest BCUT2D eigenvalue weighted by Crippen LogP contribution is -2.09. The van der Waals surface area contributed by atoms with Crippen LogP contribution in [0.25, 0.3) is 93.7 Å². The highest BCUT2D eigenvalue weighted by molar-refractivity contribution is 6.14. The zero-order chi connectivity index (χ0) is 41.7. The van der Waals surface area contributed by atoms with E-state index in [0.717, 1.165) is 29.9 Å². The summed E-state index contributed by atoms with van der Waals surface area (Å²) in [7, 11) is 0. The molecular weight excluding hydrogens is 759 g/mol. The minimum Gasteiger partial charge on any atom is -0.311 e. The number of rotatable bonds is 7. The molecule has 1 aliphatic carbocycles. The van der Waals surface area contributed by atoms with Crippen LogP contribution in [0.3, 0.4) is 0 Å². The van der Waals surface area contributed by atoms with Crippen LogP contribution in [-0.4, -0.2) is 0 Å². The van der Waals surface area contributed by atoms with E-state index in [4.69, 9.17) is 0 Å². The molecule has 0 fully saturated rings. The van der Waals surface area contributed by atoms with Crippen molar-refractivity contribution in [2.45, 2.75) is 12.8 Å². The van der Waals surface area contributed by atoms with Gasteiger partial charge in [-0.1, -0.05) is 188 Å². The predicted octanol–water partition coefficient (Wildman–Crippen LogP) is 17.4. The molecular formula is C62H43N. The number of allylic oxidation sites excluding steroid dienone is 1. The fraction of sp³-hybridized carbons (Fsp3) is 0.0323. The average molecular weight is 802 g/mol. The molecule has 11 aromatic carbocycles. The Morgan fingerprint density at radius 3 is 1.46 bits per heavy atom. The summed E-state index contributed by atoms with van der Waals surface area (Å²) in [5.74, 6) is 0. The first-order chi connectivity index (χ1) is 31.2. The fourth-order valence-electron chi connectivity index (χ4n) is 10.1. The van der Waals surface area contributed by atoms with Crippen LogP contribution in [0.15, 0.2) is 231 Å². The quantitative estimate of drug-likeness (QED) is 0.145. The number of anilines is 3. The van der Waals surface area contributed by atoms with E-state index in [1.54, 1.807) is 0 Å². The van der Waals surface area contributed by atoms with E-state index < -0.39 is 0 Å². The maximum Gasteiger partial charge on any atom is 0.0462 e. The third kappa shape index (κ3) is 6.49. The summed E-state index contributed by atoms with van der Waals surface area (Å²) in [5, 5.41) is 10.3. The van der Waals surface area contributed by atoms with Gasteiger partial charge in [0.05, 0.1) is 0 Å². The second-order valence-electron chi connectivity index (χ2n) is 16.7. The second kappa shape index (κ2) is 15.5. The van der Waals surface area contributed by atoms with Crippen molar-refractivity contribution in [2.24, 2.45) is 0 Å². The van der Waals surface area contributed by atoms with Gasteiger partial charge in [-0.25, -0.2) is 0 Å². The molecule has 1 heteroatoms. The Balaban J connectivity index is 0.960. The molecule has 0 heterocycles. The van der Waals surface area contributed by atoms with Crippen molar-refractivity contribution in [1.29, 1.82) is 0 Å². The maximum absolute atomic E-state index is 2.41. The standard InChI is InChI=1S/C62H43N/c1-4-18-51-42(14-1)17-13-27-52(51)43-28-34-48(35-29-43)63(50-38-32-45(33-39-50)61-40-46-15-2-5-20-54(46)56-22-9-11-25-59(56)61)49-36-30-44(31-37-49)53-19-7-8-24-58(53)62-41-47-16-3-6-21-55(47)57-23-10-12-26-60(57)62/h1-5,7-20,22-41H,6,21H2. The van der Waals surface area contributed by atoms with Crippen LogP contribution < -0.4 is 4.90 Å². The highest BCUT2D eigenvalue weighted by Gasteiger charge is 2.19. The molecule has 0 saturated heterocycles. The first-order valence-electron chi connectivity index (χ1n) is 22.1. The van der Waals surface area contributed by atoms with Crippen LogP contribution in [0.4, 0.5) is 17.1 Å². The Kier molecular flexibility index (Phi) is 9.04. The van der Waals surface area contributed by atoms with Crippen molar-refractivity contribution in [3.8, 4) is 44.5 Å². The number of hydrogen-bond acceptors (Lipinski definition) is 1. The highest BCUT2D eigenvalue weighted by Crippen LogP contribution is 2.43. The smallest absolute Gasteiger partial charge is 0.0462 e. The van der Waals surface area contributed by atoms with E-state index in [1.165, 1.54) is 98.7 Å². The van der Waals surface area contributed by atoms with Gasteiger partial charge in [0.25, 0.3) is 0 Å². The third-order valence-corrected chi connectivity index (χ3v) is 13.1. The Morgan fingerprint density at radius 2 is 0.778 bits per heavy atom. The summed E-state index contributed by atoms with van der Waals surface area (Å²) in [4.78, 5) is 2.38. The molecule has 0 radical (unpaired) electrons. The lowest BCUT2D eigenvalue weighted by molar-refractivity contribution is 0.997. The molecule has 0 amide bonds. The zero-order valence-electron chi connectivity index (χ0n) is 34.9. The van der Waals surface area contributed by atoms with Crippen molar-refractivity contribution in [3.05, 3.63) is 242 Å². The Hall–Kier alpha value is -8.00. The molecule has 0 unspecified atom stereocenters. The number of benzene rings is 11. The first kappa shape index (κ1) is 36.8. The van der Waals surface area contributed by atoms with Crippen LogP contribution in [0, 0.1) is 0 Å². The number of fused-ring (bicyclic) bond motifs is 7. The van der Waals surface area contributed by atoms with Crippen LogP contribution in [0.1, 0.15) is 17.5 Å². The van der Waals surface area contributed by atoms with Crippen molar-refractivity contribution in [3.63, 3.8) is 0 Å². The fourth-order valence-corrected chi connectivity index (χ4v) is 10.1. The number of aryl methyl sites for hydroxylation is 1. The van der Waals surface area contributed by atoms with E-state index in [-0.39, 0.29) is 0 Å². The molecule has 0 atom stereocenters. The summed E-state index contributed by atoms with van der Waals surface area (Å²) in [6.45, 7) is 0. The zero-order valence-corrected chi connectivity index (χ0v) is 34.9. The minimum atomic E-state index is 1.08. The maximum atomic E-state index is 2.41. The van der Waals surface area contributed by atoms with E-state index in [9.17, 15) is 0 Å². The van der Waals surface area contributed by atoms with Crippen LogP contribution in [0.2, 0.25) is 0 Å². The predicted molar refractivity (Wildman–Crippen MR) is 270 cm³/mol. The monoisotopic (exact) mass is 801 g/mol. The average Bonchev–Trinajstić information content (AvgIpc) is 3.36. The molecule has 0 spiro atoms. The van der Waals surface area contributed by atoms with Gasteiger partial charge in [-0.2, -0.15) is 0 Å². The third-order valence-electron chi connectivity index (χ3n) is 13.1. The Bertz CT molecular complexity index is 3530. The summed E-state index contributed by atoms with van der Waals surface area (Å²) in [6, 6.07) is 82.6. The van der Waals surface area contributed by atoms with Gasteiger partial charge in [-0.15, -0.1) is 0 Å². The molecule has 0 saturated carbocycles. The summed E-state index contributed by atoms with van der Waals surface area (Å²) < 4.78 is 0. The first-order valence-corrected chi connectivity index (χ1v) is 22.1. The lowest BCUT2D eigenvalue weighted by atomic mass is 9.85. The SMILES string of the molecule is C1=Cc2cc(-c3ccccc3-c3ccc(N(c4ccc(-c5cccc6ccccc56)cc4)c4ccc(-c5cc6ccccc6c6ccccc56)cc4)cc3)c3ccccc3c2CC1. The molecule has 1 aliphatic rings. The topological polar surface area (TPSA) is 3.24 Å². The summed E-state index contributed by atoms with van der Waals surface area (Å²) >= 11 is 0. The van der Waals surface area contributed by atoms with Gasteiger partial charge >= 0.3 is 0 Å². The largest absolute Gasteiger partial charge is 0.311 e. The molecule has 0 aromatic heterocycles. The molecule has 296 valence electrons. The van der Waals surface area contributed by atoms with Gasteiger partial charge in [0, 0.05) is 17.1 Å². The van der Waals surface area contributed by atoms with Crippen LogP contribution >= 0.6 is 0 Å². The van der Waals surface area contributed by atoms with Crippen molar-refractivity contribution < 1.29 is 0 Å². The van der Waals surface area contributed by atoms with Gasteiger partial charge in [0.1, 0.15) is 0 Å². The lowest BCUT2D eigenvalue weighted by Gasteiger charge is -2.26. The van der Waals surface area contributed by atoms with Gasteiger partial charge < -0.3 is 4.90 Å². The van der Waals surface area contributed by atoms with Crippen LogP contribution in [-0.2, 0) is 6.42 Å². The van der Waals surface area contributed by atoms with Crippen molar-refractivity contribution >= 4 is 66.2 Å². The molecule has 11 aromatic rings. The second-order valence-corrected chi connectivity index (χ2v) is 16.7. The van der Waals surface area contributed by atoms with Crippen LogP contribution in [0.5, 0.6) is 0 Å². The Morgan fingerprint density at radius 1 is 0.302 bits per heavy atom. The van der Waals surface area contributed by atoms with E-state index >= 15 is 0 Å². The molecule has 63 heavy (non-hydrogen) atoms. The minimum absolute atomic E-state index is 1.08. The van der Waals surface area contributed by atoms with Gasteiger partial charge in [-0.3, -0.25) is 0 Å². The van der Waals surface area contributed by atoms with Gasteiger partial charge in [0.2, 0.25) is 0 Å². The van der Waals surface area contributed by atoms with Gasteiger partial charge in [0.15, 0.2) is 0 Å². The molecule has 0 N–H and O–H groups in total. The number of hydrogen-bond donors (Lipinski definition) is 0. The molecule has 12 rings (SSSR count). The van der Waals surface area contributed by atoms with E-state index in [1.807, 2.05) is 0 Å². The van der Waals surface area contributed by atoms with Crippen molar-refractivity contribution in [1.82, 2.24) is 0 Å². The van der Waals surface area contributed by atoms with Crippen molar-refractivity contribution in [2.75, 3.05) is 4.90 Å². The molecule has 0 bridgehead atoms. The summed E-state index contributed by atoms with van der Waals surface area (Å²) in [5.41, 5.74) is 15.9. The van der Waals surface area contributed by atoms with Gasteiger partial charge in [-0.05, 0) is 160 Å². The molecule has 1 nitrogen and oxygen atoms in total. The number of nitrogens with zero attached hydrogens (tertiary/aromatic N) is 1. The Labute approximate surface area is 368 Å². The molecule has 0 aliphatic heterocycles. The van der Waals surface area contributed by atoms with E-state index in [0.29, 0.717) is 0 Å². The van der Waals surface area contributed by atoms with E-state index in [2.05, 4.69) is 242 Å². The highest BCUT2D eigenvalue weighted by atomic mass is 15.1. The normalized spacial score (nSPS) is 12.3.